The third-order valence-corrected chi connectivity index (χ3v) is 3.76. The zero-order valence-electron chi connectivity index (χ0n) is 9.88. The molecule has 0 aliphatic heterocycles. The van der Waals surface area contributed by atoms with E-state index in [0.717, 1.165) is 0 Å². The quantitative estimate of drug-likeness (QED) is 0.769. The summed E-state index contributed by atoms with van der Waals surface area (Å²) < 4.78 is 31.3. The maximum absolute atomic E-state index is 11.9. The first kappa shape index (κ1) is 13.9. The number of anilines is 1. The van der Waals surface area contributed by atoms with Gasteiger partial charge in [-0.2, -0.15) is 0 Å². The Morgan fingerprint density at radius 3 is 2.88 bits per heavy atom. The van der Waals surface area contributed by atoms with E-state index in [1.807, 2.05) is 0 Å². The molecule has 0 saturated heterocycles. The monoisotopic (exact) mass is 259 g/mol. The molecule has 17 heavy (non-hydrogen) atoms. The van der Waals surface area contributed by atoms with Crippen LogP contribution in [0.25, 0.3) is 0 Å². The van der Waals surface area contributed by atoms with Crippen LogP contribution in [0.2, 0.25) is 0 Å². The molecule has 1 atom stereocenters. The fourth-order valence-electron chi connectivity index (χ4n) is 1.28. The van der Waals surface area contributed by atoms with Crippen molar-refractivity contribution in [2.75, 3.05) is 19.5 Å². The number of hydrogen-bond donors (Lipinski definition) is 2. The zero-order valence-corrected chi connectivity index (χ0v) is 10.7. The van der Waals surface area contributed by atoms with Crippen LogP contribution in [0.4, 0.5) is 5.82 Å². The van der Waals surface area contributed by atoms with Crippen molar-refractivity contribution in [1.29, 1.82) is 0 Å². The van der Waals surface area contributed by atoms with Crippen LogP contribution in [0, 0.1) is 0 Å². The van der Waals surface area contributed by atoms with Crippen molar-refractivity contribution >= 4 is 15.8 Å². The summed E-state index contributed by atoms with van der Waals surface area (Å²) in [5.74, 6) is 0.178. The highest BCUT2D eigenvalue weighted by Crippen LogP contribution is 2.11. The minimum Gasteiger partial charge on any atom is -0.385 e. The standard InChI is InChI=1S/C10H17N3O3S/c1-8(4-6-16-2)13-17(14,15)9-3-5-12-10(11)7-9/h3,5,7-8,13H,4,6H2,1-2H3,(H2,11,12). The largest absolute Gasteiger partial charge is 0.385 e. The van der Waals surface area contributed by atoms with Crippen molar-refractivity contribution < 1.29 is 13.2 Å². The first-order valence-corrected chi connectivity index (χ1v) is 6.67. The summed E-state index contributed by atoms with van der Waals surface area (Å²) in [5, 5.41) is 0. The van der Waals surface area contributed by atoms with Gasteiger partial charge in [0.25, 0.3) is 0 Å². The number of nitrogens with zero attached hydrogens (tertiary/aromatic N) is 1. The smallest absolute Gasteiger partial charge is 0.240 e. The third kappa shape index (κ3) is 4.29. The number of nitrogens with one attached hydrogen (secondary N) is 1. The van der Waals surface area contributed by atoms with Crippen LogP contribution >= 0.6 is 0 Å². The van der Waals surface area contributed by atoms with Crippen LogP contribution in [-0.4, -0.2) is 33.2 Å². The van der Waals surface area contributed by atoms with Gasteiger partial charge < -0.3 is 10.5 Å². The van der Waals surface area contributed by atoms with Gasteiger partial charge in [-0.15, -0.1) is 0 Å². The number of pyridine rings is 1. The van der Waals surface area contributed by atoms with Crippen molar-refractivity contribution in [2.24, 2.45) is 0 Å². The van der Waals surface area contributed by atoms with Crippen molar-refractivity contribution in [2.45, 2.75) is 24.3 Å². The molecular weight excluding hydrogens is 242 g/mol. The second-order valence-electron chi connectivity index (χ2n) is 3.72. The highest BCUT2D eigenvalue weighted by Gasteiger charge is 2.17. The summed E-state index contributed by atoms with van der Waals surface area (Å²) in [4.78, 5) is 3.87. The fraction of sp³-hybridized carbons (Fsp3) is 0.500. The molecule has 0 fully saturated rings. The molecule has 3 N–H and O–H groups in total. The van der Waals surface area contributed by atoms with Gasteiger partial charge in [0, 0.05) is 32.0 Å². The van der Waals surface area contributed by atoms with Crippen LogP contribution in [0.5, 0.6) is 0 Å². The van der Waals surface area contributed by atoms with E-state index in [4.69, 9.17) is 10.5 Å². The summed E-state index contributed by atoms with van der Waals surface area (Å²) in [5.41, 5.74) is 5.44. The Balaban J connectivity index is 2.75. The summed E-state index contributed by atoms with van der Waals surface area (Å²) in [6.45, 7) is 2.28. The van der Waals surface area contributed by atoms with E-state index in [9.17, 15) is 8.42 Å². The van der Waals surface area contributed by atoms with Gasteiger partial charge in [-0.3, -0.25) is 0 Å². The molecule has 0 aromatic carbocycles. The average molecular weight is 259 g/mol. The highest BCUT2D eigenvalue weighted by molar-refractivity contribution is 7.89. The minimum absolute atomic E-state index is 0.120. The fourth-order valence-corrected chi connectivity index (χ4v) is 2.58. The first-order valence-electron chi connectivity index (χ1n) is 5.18. The number of nitrogens with two attached hydrogens (primary N) is 1. The summed E-state index contributed by atoms with van der Waals surface area (Å²) >= 11 is 0. The molecule has 0 amide bonds. The average Bonchev–Trinajstić information content (AvgIpc) is 2.26. The zero-order chi connectivity index (χ0) is 12.9. The predicted octanol–water partition coefficient (Wildman–Crippen LogP) is 0.367. The molecule has 0 aliphatic rings. The molecule has 96 valence electrons. The van der Waals surface area contributed by atoms with Gasteiger partial charge in [0.2, 0.25) is 10.0 Å². The number of sulfonamides is 1. The molecule has 7 heteroatoms. The van der Waals surface area contributed by atoms with Crippen LogP contribution in [0.15, 0.2) is 23.2 Å². The topological polar surface area (TPSA) is 94.3 Å². The molecule has 0 aliphatic carbocycles. The van der Waals surface area contributed by atoms with E-state index < -0.39 is 10.0 Å². The van der Waals surface area contributed by atoms with Crippen LogP contribution in [-0.2, 0) is 14.8 Å². The lowest BCUT2D eigenvalue weighted by Crippen LogP contribution is -2.33. The lowest BCUT2D eigenvalue weighted by Gasteiger charge is -2.13. The molecule has 0 radical (unpaired) electrons. The Labute approximate surface area is 101 Å². The molecule has 1 unspecified atom stereocenters. The highest BCUT2D eigenvalue weighted by atomic mass is 32.2. The van der Waals surface area contributed by atoms with Crippen molar-refractivity contribution in [1.82, 2.24) is 9.71 Å². The normalized spacial score (nSPS) is 13.5. The SMILES string of the molecule is COCCC(C)NS(=O)(=O)c1ccnc(N)c1. The number of aromatic nitrogens is 1. The second-order valence-corrected chi connectivity index (χ2v) is 5.43. The summed E-state index contributed by atoms with van der Waals surface area (Å²) in [6, 6.07) is 2.53. The first-order chi connectivity index (χ1) is 7.95. The molecule has 0 saturated carbocycles. The Morgan fingerprint density at radius 2 is 2.29 bits per heavy atom. The minimum atomic E-state index is -3.54. The lowest BCUT2D eigenvalue weighted by atomic mass is 10.3. The number of rotatable bonds is 6. The van der Waals surface area contributed by atoms with E-state index in [0.29, 0.717) is 13.0 Å². The number of nitrogen functional groups attached to an aromatic ring is 1. The molecule has 6 nitrogen and oxygen atoms in total. The van der Waals surface area contributed by atoms with E-state index in [1.165, 1.54) is 18.3 Å². The van der Waals surface area contributed by atoms with Crippen LogP contribution in [0.1, 0.15) is 13.3 Å². The number of hydrogen-bond acceptors (Lipinski definition) is 5. The maximum atomic E-state index is 11.9. The van der Waals surface area contributed by atoms with Gasteiger partial charge in [0.15, 0.2) is 0 Å². The molecule has 1 heterocycles. The molecule has 1 aromatic heterocycles. The Hall–Kier alpha value is -1.18. The van der Waals surface area contributed by atoms with Gasteiger partial charge in [-0.25, -0.2) is 18.1 Å². The molecule has 0 spiro atoms. The van der Waals surface area contributed by atoms with Gasteiger partial charge in [-0.1, -0.05) is 0 Å². The second kappa shape index (κ2) is 5.95. The Kier molecular flexibility index (Phi) is 4.86. The summed E-state index contributed by atoms with van der Waals surface area (Å²) in [6.07, 6.45) is 1.97. The predicted molar refractivity (Wildman–Crippen MR) is 64.9 cm³/mol. The van der Waals surface area contributed by atoms with Crippen molar-refractivity contribution in [3.63, 3.8) is 0 Å². The van der Waals surface area contributed by atoms with E-state index in [-0.39, 0.29) is 16.8 Å². The van der Waals surface area contributed by atoms with E-state index in [2.05, 4.69) is 9.71 Å². The van der Waals surface area contributed by atoms with E-state index in [1.54, 1.807) is 14.0 Å². The molecule has 1 rings (SSSR count). The van der Waals surface area contributed by atoms with Crippen LogP contribution < -0.4 is 10.5 Å². The van der Waals surface area contributed by atoms with Crippen LogP contribution in [0.3, 0.4) is 0 Å². The lowest BCUT2D eigenvalue weighted by molar-refractivity contribution is 0.188. The van der Waals surface area contributed by atoms with Gasteiger partial charge in [-0.05, 0) is 19.4 Å². The van der Waals surface area contributed by atoms with Crippen molar-refractivity contribution in [3.05, 3.63) is 18.3 Å². The molecule has 0 bridgehead atoms. The Bertz CT molecular complexity index is 462. The Morgan fingerprint density at radius 1 is 1.59 bits per heavy atom. The van der Waals surface area contributed by atoms with Gasteiger partial charge >= 0.3 is 0 Å². The van der Waals surface area contributed by atoms with Gasteiger partial charge in [0.05, 0.1) is 4.90 Å². The molecule has 1 aromatic rings. The van der Waals surface area contributed by atoms with E-state index >= 15 is 0 Å². The summed E-state index contributed by atoms with van der Waals surface area (Å²) in [7, 11) is -1.96. The van der Waals surface area contributed by atoms with Crippen molar-refractivity contribution in [3.8, 4) is 0 Å². The van der Waals surface area contributed by atoms with Gasteiger partial charge in [0.1, 0.15) is 5.82 Å². The number of methoxy groups -OCH3 is 1. The maximum Gasteiger partial charge on any atom is 0.240 e. The third-order valence-electron chi connectivity index (χ3n) is 2.17. The molecular formula is C10H17N3O3S. The number of ether oxygens (including phenoxy) is 1.